The van der Waals surface area contributed by atoms with Crippen LogP contribution in [0.15, 0.2) is 36.5 Å². The summed E-state index contributed by atoms with van der Waals surface area (Å²) >= 11 is 0. The van der Waals surface area contributed by atoms with Crippen LogP contribution in [0, 0.1) is 24.7 Å². The van der Waals surface area contributed by atoms with E-state index >= 15 is 0 Å². The summed E-state index contributed by atoms with van der Waals surface area (Å²) in [5.74, 6) is 2.25. The van der Waals surface area contributed by atoms with Gasteiger partial charge >= 0.3 is 0 Å². The van der Waals surface area contributed by atoms with Crippen LogP contribution in [0.25, 0.3) is 0 Å². The van der Waals surface area contributed by atoms with E-state index in [4.69, 9.17) is 0 Å². The van der Waals surface area contributed by atoms with Crippen molar-refractivity contribution in [1.82, 2.24) is 15.2 Å². The van der Waals surface area contributed by atoms with Crippen LogP contribution < -0.4 is 5.32 Å². The molecule has 4 rings (SSSR count). The molecule has 1 N–H and O–H groups in total. The minimum absolute atomic E-state index is 0.0222. The van der Waals surface area contributed by atoms with Gasteiger partial charge in [-0.1, -0.05) is 45.7 Å². The van der Waals surface area contributed by atoms with Crippen molar-refractivity contribution < 1.29 is 4.79 Å². The number of hydrogen-bond acceptors (Lipinski definition) is 3. The van der Waals surface area contributed by atoms with Crippen LogP contribution in [0.2, 0.25) is 0 Å². The first kappa shape index (κ1) is 22.0. The second-order valence-corrected chi connectivity index (χ2v) is 10.2. The number of aryl methyl sites for hydroxylation is 1. The van der Waals surface area contributed by atoms with Gasteiger partial charge in [-0.15, -0.1) is 0 Å². The minimum atomic E-state index is -0.0222. The highest BCUT2D eigenvalue weighted by atomic mass is 16.1. The molecule has 4 nitrogen and oxygen atoms in total. The molecular weight excluding hydrogens is 382 g/mol. The Morgan fingerprint density at radius 3 is 2.61 bits per heavy atom. The number of nitrogens with one attached hydrogen (secondary N) is 1. The maximum absolute atomic E-state index is 12.8. The fourth-order valence-corrected chi connectivity index (χ4v) is 5.36. The monoisotopic (exact) mass is 419 g/mol. The Morgan fingerprint density at radius 2 is 1.94 bits per heavy atom. The van der Waals surface area contributed by atoms with Gasteiger partial charge in [-0.25, -0.2) is 0 Å². The Labute approximate surface area is 187 Å². The molecule has 0 saturated heterocycles. The molecule has 1 aliphatic heterocycles. The minimum Gasteiger partial charge on any atom is -0.346 e. The fourth-order valence-electron chi connectivity index (χ4n) is 5.36. The molecule has 2 heterocycles. The van der Waals surface area contributed by atoms with Gasteiger partial charge in [0.2, 0.25) is 0 Å². The zero-order chi connectivity index (χ0) is 22.0. The molecule has 0 unspecified atom stereocenters. The van der Waals surface area contributed by atoms with Gasteiger partial charge in [-0.05, 0) is 72.4 Å². The Kier molecular flexibility index (Phi) is 6.76. The smallest absolute Gasteiger partial charge is 0.251 e. The van der Waals surface area contributed by atoms with Crippen LogP contribution in [-0.2, 0) is 13.1 Å². The summed E-state index contributed by atoms with van der Waals surface area (Å²) in [6, 6.07) is 10.8. The fraction of sp³-hybridized carbons (Fsp3) is 0.556. The molecule has 166 valence electrons. The standard InChI is InChI=1S/C27H37N3O/c1-18(2)26-25-12-10-22(27(31)29-15-24-11-7-20(4)14-28-24)13-23(25)17-30(26)16-21-8-5-19(3)6-9-21/h7,10-14,18-19,21,26H,5-6,8-9,15-17H2,1-4H3,(H,29,31)/t19-,21-,26-/m0/s1. The number of amides is 1. The molecule has 0 bridgehead atoms. The van der Waals surface area contributed by atoms with Gasteiger partial charge in [0.25, 0.3) is 5.91 Å². The lowest BCUT2D eigenvalue weighted by molar-refractivity contribution is 0.0950. The quantitative estimate of drug-likeness (QED) is 0.657. The van der Waals surface area contributed by atoms with E-state index in [1.54, 1.807) is 0 Å². The van der Waals surface area contributed by atoms with Crippen LogP contribution in [0.5, 0.6) is 0 Å². The van der Waals surface area contributed by atoms with Gasteiger partial charge < -0.3 is 5.32 Å². The van der Waals surface area contributed by atoms with E-state index in [0.29, 0.717) is 18.5 Å². The maximum atomic E-state index is 12.8. The van der Waals surface area contributed by atoms with Gasteiger partial charge in [-0.3, -0.25) is 14.7 Å². The number of pyridine rings is 1. The average molecular weight is 420 g/mol. The summed E-state index contributed by atoms with van der Waals surface area (Å²) < 4.78 is 0. The summed E-state index contributed by atoms with van der Waals surface area (Å²) in [4.78, 5) is 19.8. The lowest BCUT2D eigenvalue weighted by Gasteiger charge is -2.34. The molecule has 2 aromatic rings. The normalized spacial score (nSPS) is 23.7. The molecule has 1 fully saturated rings. The summed E-state index contributed by atoms with van der Waals surface area (Å²) in [6.45, 7) is 11.7. The SMILES string of the molecule is Cc1ccc(CNC(=O)c2ccc3c(c2)CN(C[C@H]2CC[C@H](C)CC2)[C@H]3C(C)C)nc1. The topological polar surface area (TPSA) is 45.2 Å². The summed E-state index contributed by atoms with van der Waals surface area (Å²) in [5, 5.41) is 3.03. The van der Waals surface area contributed by atoms with Crippen molar-refractivity contribution in [3.8, 4) is 0 Å². The second-order valence-electron chi connectivity index (χ2n) is 10.2. The van der Waals surface area contributed by atoms with E-state index in [1.165, 1.54) is 43.4 Å². The molecule has 1 aromatic carbocycles. The number of nitrogens with zero attached hydrogens (tertiary/aromatic N) is 2. The highest BCUT2D eigenvalue weighted by molar-refractivity contribution is 5.94. The Balaban J connectivity index is 1.43. The van der Waals surface area contributed by atoms with E-state index in [9.17, 15) is 4.79 Å². The number of carbonyl (C=O) groups excluding carboxylic acids is 1. The van der Waals surface area contributed by atoms with Crippen molar-refractivity contribution in [2.75, 3.05) is 6.54 Å². The third-order valence-corrected chi connectivity index (χ3v) is 7.15. The van der Waals surface area contributed by atoms with Crippen LogP contribution in [0.3, 0.4) is 0 Å². The second kappa shape index (κ2) is 9.52. The third kappa shape index (κ3) is 5.17. The first-order valence-corrected chi connectivity index (χ1v) is 12.0. The molecule has 31 heavy (non-hydrogen) atoms. The van der Waals surface area contributed by atoms with Crippen LogP contribution >= 0.6 is 0 Å². The molecule has 1 aromatic heterocycles. The van der Waals surface area contributed by atoms with E-state index < -0.39 is 0 Å². The number of rotatable bonds is 6. The van der Waals surface area contributed by atoms with Crippen LogP contribution in [-0.4, -0.2) is 22.3 Å². The third-order valence-electron chi connectivity index (χ3n) is 7.15. The molecule has 0 radical (unpaired) electrons. The zero-order valence-electron chi connectivity index (χ0n) is 19.5. The molecule has 1 saturated carbocycles. The molecule has 1 atom stereocenters. The highest BCUT2D eigenvalue weighted by Crippen LogP contribution is 2.41. The first-order valence-electron chi connectivity index (χ1n) is 12.0. The van der Waals surface area contributed by atoms with E-state index in [1.807, 2.05) is 31.3 Å². The van der Waals surface area contributed by atoms with Gasteiger partial charge in [0.15, 0.2) is 0 Å². The van der Waals surface area contributed by atoms with Crippen molar-refractivity contribution in [3.63, 3.8) is 0 Å². The predicted molar refractivity (Wildman–Crippen MR) is 126 cm³/mol. The number of aromatic nitrogens is 1. The van der Waals surface area contributed by atoms with Crippen molar-refractivity contribution in [3.05, 3.63) is 64.5 Å². The summed E-state index contributed by atoms with van der Waals surface area (Å²) in [6.07, 6.45) is 7.31. The molecule has 1 amide bonds. The lowest BCUT2D eigenvalue weighted by atomic mass is 9.82. The molecule has 1 aliphatic carbocycles. The molecule has 4 heteroatoms. The summed E-state index contributed by atoms with van der Waals surface area (Å²) in [7, 11) is 0. The Morgan fingerprint density at radius 1 is 1.16 bits per heavy atom. The van der Waals surface area contributed by atoms with Crippen LogP contribution in [0.4, 0.5) is 0 Å². The van der Waals surface area contributed by atoms with Crippen molar-refractivity contribution in [2.45, 2.75) is 72.5 Å². The Bertz CT molecular complexity index is 897. The molecular formula is C27H37N3O. The number of hydrogen-bond donors (Lipinski definition) is 1. The van der Waals surface area contributed by atoms with Gasteiger partial charge in [0.05, 0.1) is 12.2 Å². The number of fused-ring (bicyclic) bond motifs is 1. The van der Waals surface area contributed by atoms with Gasteiger partial charge in [0, 0.05) is 30.9 Å². The highest BCUT2D eigenvalue weighted by Gasteiger charge is 2.34. The van der Waals surface area contributed by atoms with Crippen molar-refractivity contribution >= 4 is 5.91 Å². The van der Waals surface area contributed by atoms with E-state index in [0.717, 1.165) is 35.2 Å². The largest absolute Gasteiger partial charge is 0.346 e. The maximum Gasteiger partial charge on any atom is 0.251 e. The summed E-state index contributed by atoms with van der Waals surface area (Å²) in [5.41, 5.74) is 5.50. The molecule has 0 spiro atoms. The van der Waals surface area contributed by atoms with Gasteiger partial charge in [-0.2, -0.15) is 0 Å². The average Bonchev–Trinajstić information content (AvgIpc) is 3.12. The van der Waals surface area contributed by atoms with Crippen molar-refractivity contribution in [2.24, 2.45) is 17.8 Å². The Hall–Kier alpha value is -2.20. The van der Waals surface area contributed by atoms with E-state index in [-0.39, 0.29) is 5.91 Å². The van der Waals surface area contributed by atoms with Crippen LogP contribution in [0.1, 0.15) is 85.2 Å². The molecule has 2 aliphatic rings. The van der Waals surface area contributed by atoms with Crippen molar-refractivity contribution in [1.29, 1.82) is 0 Å². The zero-order valence-corrected chi connectivity index (χ0v) is 19.5. The number of benzene rings is 1. The first-order chi connectivity index (χ1) is 14.9. The lowest BCUT2D eigenvalue weighted by Crippen LogP contribution is -2.32. The van der Waals surface area contributed by atoms with Gasteiger partial charge in [0.1, 0.15) is 0 Å². The number of carbonyl (C=O) groups is 1. The predicted octanol–water partition coefficient (Wildman–Crippen LogP) is 5.66. The van der Waals surface area contributed by atoms with E-state index in [2.05, 4.69) is 48.1 Å².